The molecule has 1 unspecified atom stereocenters. The number of aliphatic hydroxyl groups excluding tert-OH is 1. The number of nitrogens with one attached hydrogen (secondary N) is 1. The molecule has 78 valence electrons. The molecule has 0 fully saturated rings. The van der Waals surface area contributed by atoms with Gasteiger partial charge < -0.3 is 5.11 Å². The zero-order valence-corrected chi connectivity index (χ0v) is 8.27. The summed E-state index contributed by atoms with van der Waals surface area (Å²) in [5.74, 6) is 0. The van der Waals surface area contributed by atoms with Gasteiger partial charge in [-0.3, -0.25) is 15.2 Å². The first-order valence-corrected chi connectivity index (χ1v) is 4.91. The first kappa shape index (κ1) is 9.81. The van der Waals surface area contributed by atoms with Gasteiger partial charge in [0.2, 0.25) is 0 Å². The summed E-state index contributed by atoms with van der Waals surface area (Å²) >= 11 is 0.957. The molecule has 0 spiro atoms. The number of thiophene rings is 1. The lowest BCUT2D eigenvalue weighted by Gasteiger charge is -2.03. The third kappa shape index (κ3) is 1.88. The lowest BCUT2D eigenvalue weighted by molar-refractivity contribution is -0.380. The van der Waals surface area contributed by atoms with E-state index in [1.165, 1.54) is 12.3 Å². The molecule has 15 heavy (non-hydrogen) atoms. The smallest absolute Gasteiger partial charge is 0.324 e. The molecule has 0 saturated heterocycles. The molecule has 1 atom stereocenters. The lowest BCUT2D eigenvalue weighted by Crippen LogP contribution is -1.94. The average Bonchev–Trinajstić information content (AvgIpc) is 2.88. The number of H-pyrrole nitrogens is 1. The van der Waals surface area contributed by atoms with Crippen molar-refractivity contribution in [2.24, 2.45) is 0 Å². The molecule has 0 bridgehead atoms. The molecule has 2 aromatic heterocycles. The van der Waals surface area contributed by atoms with Gasteiger partial charge in [-0.2, -0.15) is 5.10 Å². The summed E-state index contributed by atoms with van der Waals surface area (Å²) in [4.78, 5) is 10.5. The van der Waals surface area contributed by atoms with Crippen molar-refractivity contribution in [2.45, 2.75) is 6.10 Å². The van der Waals surface area contributed by atoms with Gasteiger partial charge in [-0.15, -0.1) is 0 Å². The molecular formula is C8H7N3O3S. The molecule has 2 N–H and O–H groups in total. The number of aliphatic hydroxyl groups is 1. The Labute approximate surface area is 88.3 Å². The molecule has 0 radical (unpaired) electrons. The van der Waals surface area contributed by atoms with Crippen molar-refractivity contribution in [3.05, 3.63) is 45.1 Å². The number of nitro groups is 1. The van der Waals surface area contributed by atoms with E-state index in [0.29, 0.717) is 10.4 Å². The van der Waals surface area contributed by atoms with Crippen molar-refractivity contribution in [3.63, 3.8) is 0 Å². The molecule has 0 amide bonds. The summed E-state index contributed by atoms with van der Waals surface area (Å²) in [7, 11) is 0. The Bertz CT molecular complexity index is 465. The van der Waals surface area contributed by atoms with Crippen LogP contribution in [0.4, 0.5) is 5.00 Å². The standard InChI is InChI=1S/C8H7N3O3S/c12-8(5-3-9-10-4-5)6-1-2-7(15-6)11(13)14/h1-4,8,12H,(H,9,10). The van der Waals surface area contributed by atoms with Crippen LogP contribution in [0.5, 0.6) is 0 Å². The first-order valence-electron chi connectivity index (χ1n) is 4.09. The molecule has 6 nitrogen and oxygen atoms in total. The highest BCUT2D eigenvalue weighted by molar-refractivity contribution is 7.15. The second-order valence-corrected chi connectivity index (χ2v) is 3.96. The summed E-state index contributed by atoms with van der Waals surface area (Å²) in [6, 6.07) is 2.92. The molecule has 0 aromatic carbocycles. The Morgan fingerprint density at radius 1 is 1.60 bits per heavy atom. The van der Waals surface area contributed by atoms with Crippen LogP contribution in [0.15, 0.2) is 24.5 Å². The summed E-state index contributed by atoms with van der Waals surface area (Å²) in [6.45, 7) is 0. The molecule has 0 saturated carbocycles. The van der Waals surface area contributed by atoms with E-state index in [2.05, 4.69) is 10.2 Å². The molecule has 2 aromatic rings. The molecule has 0 aliphatic heterocycles. The van der Waals surface area contributed by atoms with E-state index in [0.717, 1.165) is 11.3 Å². The topological polar surface area (TPSA) is 92.1 Å². The zero-order chi connectivity index (χ0) is 10.8. The van der Waals surface area contributed by atoms with Gasteiger partial charge in [0.1, 0.15) is 6.10 Å². The summed E-state index contributed by atoms with van der Waals surface area (Å²) in [5, 5.41) is 26.5. The fourth-order valence-electron chi connectivity index (χ4n) is 1.16. The maximum absolute atomic E-state index is 10.4. The van der Waals surface area contributed by atoms with Gasteiger partial charge in [0.25, 0.3) is 0 Å². The minimum absolute atomic E-state index is 0.0209. The van der Waals surface area contributed by atoms with Gasteiger partial charge in [-0.25, -0.2) is 0 Å². The molecule has 2 heterocycles. The monoisotopic (exact) mass is 225 g/mol. The fraction of sp³-hybridized carbons (Fsp3) is 0.125. The number of hydrogen-bond donors (Lipinski definition) is 2. The molecule has 2 rings (SSSR count). The highest BCUT2D eigenvalue weighted by Crippen LogP contribution is 2.31. The van der Waals surface area contributed by atoms with Gasteiger partial charge >= 0.3 is 5.00 Å². The Morgan fingerprint density at radius 2 is 2.40 bits per heavy atom. The van der Waals surface area contributed by atoms with Gasteiger partial charge in [-0.05, 0) is 6.07 Å². The van der Waals surface area contributed by atoms with Crippen LogP contribution in [0.3, 0.4) is 0 Å². The van der Waals surface area contributed by atoms with Crippen LogP contribution in [0.2, 0.25) is 0 Å². The van der Waals surface area contributed by atoms with Crippen molar-refractivity contribution in [1.82, 2.24) is 10.2 Å². The second-order valence-electron chi connectivity index (χ2n) is 2.87. The summed E-state index contributed by atoms with van der Waals surface area (Å²) in [5.41, 5.74) is 0.590. The SMILES string of the molecule is O=[N+]([O-])c1ccc(C(O)c2cn[nH]c2)s1. The van der Waals surface area contributed by atoms with Crippen molar-refractivity contribution >= 4 is 16.3 Å². The minimum atomic E-state index is -0.859. The van der Waals surface area contributed by atoms with Crippen LogP contribution in [0.25, 0.3) is 0 Å². The van der Waals surface area contributed by atoms with Crippen LogP contribution in [-0.2, 0) is 0 Å². The van der Waals surface area contributed by atoms with Crippen molar-refractivity contribution in [1.29, 1.82) is 0 Å². The predicted molar refractivity (Wildman–Crippen MR) is 53.6 cm³/mol. The number of rotatable bonds is 3. The number of aromatic nitrogens is 2. The largest absolute Gasteiger partial charge is 0.383 e. The van der Waals surface area contributed by atoms with Crippen LogP contribution in [0, 0.1) is 10.1 Å². The van der Waals surface area contributed by atoms with E-state index in [4.69, 9.17) is 0 Å². The second kappa shape index (κ2) is 3.79. The number of nitrogens with zero attached hydrogens (tertiary/aromatic N) is 2. The van der Waals surface area contributed by atoms with E-state index in [9.17, 15) is 15.2 Å². The van der Waals surface area contributed by atoms with Gasteiger partial charge in [0, 0.05) is 22.7 Å². The van der Waals surface area contributed by atoms with Gasteiger partial charge in [0.15, 0.2) is 0 Å². The first-order chi connectivity index (χ1) is 7.18. The van der Waals surface area contributed by atoms with Crippen LogP contribution < -0.4 is 0 Å². The van der Waals surface area contributed by atoms with Crippen LogP contribution in [0.1, 0.15) is 16.5 Å². The number of hydrogen-bond acceptors (Lipinski definition) is 5. The third-order valence-electron chi connectivity index (χ3n) is 1.90. The van der Waals surface area contributed by atoms with Gasteiger partial charge in [0.05, 0.1) is 11.1 Å². The lowest BCUT2D eigenvalue weighted by atomic mass is 10.2. The summed E-state index contributed by atoms with van der Waals surface area (Å²) in [6.07, 6.45) is 2.18. The Kier molecular flexibility index (Phi) is 2.48. The van der Waals surface area contributed by atoms with E-state index >= 15 is 0 Å². The van der Waals surface area contributed by atoms with Crippen molar-refractivity contribution < 1.29 is 10.0 Å². The highest BCUT2D eigenvalue weighted by Gasteiger charge is 2.17. The van der Waals surface area contributed by atoms with Crippen LogP contribution >= 0.6 is 11.3 Å². The fourth-order valence-corrected chi connectivity index (χ4v) is 2.00. The third-order valence-corrected chi connectivity index (χ3v) is 2.99. The summed E-state index contributed by atoms with van der Waals surface area (Å²) < 4.78 is 0. The van der Waals surface area contributed by atoms with Crippen LogP contribution in [-0.4, -0.2) is 20.2 Å². The minimum Gasteiger partial charge on any atom is -0.383 e. The Balaban J connectivity index is 2.26. The maximum Gasteiger partial charge on any atom is 0.324 e. The quantitative estimate of drug-likeness (QED) is 0.611. The zero-order valence-electron chi connectivity index (χ0n) is 7.45. The average molecular weight is 225 g/mol. The van der Waals surface area contributed by atoms with E-state index in [1.54, 1.807) is 12.3 Å². The maximum atomic E-state index is 10.4. The Morgan fingerprint density at radius 3 is 2.93 bits per heavy atom. The number of aromatic amines is 1. The molecule has 0 aliphatic rings. The predicted octanol–water partition coefficient (Wildman–Crippen LogP) is 1.46. The molecule has 7 heteroatoms. The Hall–Kier alpha value is -1.73. The van der Waals surface area contributed by atoms with E-state index in [1.807, 2.05) is 0 Å². The van der Waals surface area contributed by atoms with Crippen molar-refractivity contribution in [2.75, 3.05) is 0 Å². The highest BCUT2D eigenvalue weighted by atomic mass is 32.1. The molecular weight excluding hydrogens is 218 g/mol. The van der Waals surface area contributed by atoms with E-state index < -0.39 is 11.0 Å². The molecule has 0 aliphatic carbocycles. The van der Waals surface area contributed by atoms with Gasteiger partial charge in [-0.1, -0.05) is 11.3 Å². The van der Waals surface area contributed by atoms with E-state index in [-0.39, 0.29) is 5.00 Å². The normalized spacial score (nSPS) is 12.6. The van der Waals surface area contributed by atoms with Crippen molar-refractivity contribution in [3.8, 4) is 0 Å².